The Bertz CT molecular complexity index is 226. The molecule has 0 aromatic rings. The minimum absolute atomic E-state index is 0. The average molecular weight is 2010 g/mol. The van der Waals surface area contributed by atoms with Gasteiger partial charge in [-0.1, -0.05) is 0 Å². The second kappa shape index (κ2) is 13800. The van der Waals surface area contributed by atoms with Crippen LogP contribution in [-0.4, -0.2) is 569 Å². The maximum absolute atomic E-state index is 9.82. The Hall–Kier alpha value is -5.47. The van der Waals surface area contributed by atoms with E-state index in [2.05, 4.69) is 14.2 Å². The van der Waals surface area contributed by atoms with Gasteiger partial charge >= 0.3 is 17.9 Å². The maximum atomic E-state index is 9.82. The summed E-state index contributed by atoms with van der Waals surface area (Å²) in [5, 5.41) is 0. The summed E-state index contributed by atoms with van der Waals surface area (Å²) in [4.78, 5) is 29.5. The molecule has 0 bridgehead atoms. The number of rotatable bonds is 3. The van der Waals surface area contributed by atoms with Crippen LogP contribution in [0.5, 0.6) is 0 Å². The third kappa shape index (κ3) is 98800. The smallest absolute Gasteiger partial charge is 0.302 e. The first-order chi connectivity index (χ1) is 8.31. The molecule has 0 spiro atoms. The Labute approximate surface area is 640 Å². The quantitative estimate of drug-likeness (QED) is 0.195. The van der Waals surface area contributed by atoms with E-state index >= 15 is 0 Å². The number of esters is 3. The van der Waals surface area contributed by atoms with Crippen molar-refractivity contribution in [1.82, 2.24) is 0 Å². The van der Waals surface area contributed by atoms with E-state index in [1.807, 2.05) is 0 Å². The number of hydrogen-bond donors (Lipinski definition) is 0. The van der Waals surface area contributed by atoms with Crippen LogP contribution in [0.25, 0.3) is 0 Å². The lowest BCUT2D eigenvalue weighted by molar-refractivity contribution is -0.141. The van der Waals surface area contributed by atoms with Gasteiger partial charge in [-0.25, -0.2) is 0 Å². The molecule has 0 saturated heterocycles. The van der Waals surface area contributed by atoms with E-state index < -0.39 is 0 Å². The molecular weight excluding hydrogens is 1790 g/mol. The van der Waals surface area contributed by atoms with E-state index in [0.29, 0.717) is 19.8 Å². The monoisotopic (exact) mass is 2010 g/mol. The van der Waals surface area contributed by atoms with Crippen LogP contribution in [0.2, 0.25) is 0 Å². The summed E-state index contributed by atoms with van der Waals surface area (Å²) in [6.45, 7) is 11.0. The fraction of sp³-hybridized carbons (Fsp3) is 0.750. The Balaban J connectivity index is -0.000000000211. The molecule has 103 heteroatoms. The molecular formula is C12H218O103. The van der Waals surface area contributed by atoms with Crippen molar-refractivity contribution in [2.45, 2.75) is 41.5 Å². The van der Waals surface area contributed by atoms with Crippen molar-refractivity contribution in [3.63, 3.8) is 0 Å². The molecule has 115 heavy (non-hydrogen) atoms. The lowest BCUT2D eigenvalue weighted by atomic mass is 10.8. The summed E-state index contributed by atoms with van der Waals surface area (Å²) < 4.78 is 13.2. The molecule has 0 radical (unpaired) electrons. The largest absolute Gasteiger partial charge is 0.466 e. The minimum Gasteiger partial charge on any atom is -0.466 e. The molecule has 0 aliphatic carbocycles. The van der Waals surface area contributed by atoms with Gasteiger partial charge in [-0.15, -0.1) is 0 Å². The Morgan fingerprint density at radius 1 is 0.104 bits per heavy atom. The van der Waals surface area contributed by atoms with Gasteiger partial charge in [0.2, 0.25) is 0 Å². The van der Waals surface area contributed by atoms with Crippen LogP contribution in [0.15, 0.2) is 0 Å². The molecule has 0 atom stereocenters. The summed E-state index contributed by atoms with van der Waals surface area (Å²) in [5.41, 5.74) is 0. The number of carbonyl (C=O) groups is 3. The predicted molar refractivity (Wildman–Crippen MR) is 417 cm³/mol. The minimum atomic E-state index is -0.211. The highest BCUT2D eigenvalue weighted by Gasteiger charge is 1.82. The zero-order valence-electron chi connectivity index (χ0n) is 60.6. The Kier molecular flexibility index (Phi) is 1710000. The topological polar surface area (TPSA) is 3130 Å². The van der Waals surface area contributed by atoms with E-state index in [1.54, 1.807) is 20.8 Å². The van der Waals surface area contributed by atoms with Crippen molar-refractivity contribution in [2.24, 2.45) is 0 Å². The van der Waals surface area contributed by atoms with Crippen LogP contribution in [0.1, 0.15) is 41.5 Å². The van der Waals surface area contributed by atoms with Crippen molar-refractivity contribution < 1.29 is 560 Å². The molecule has 884 valence electrons. The molecule has 0 rings (SSSR count). The van der Waals surface area contributed by atoms with Crippen LogP contribution >= 0.6 is 0 Å². The zero-order chi connectivity index (χ0) is 15.0. The van der Waals surface area contributed by atoms with Crippen molar-refractivity contribution in [3.05, 3.63) is 0 Å². The van der Waals surface area contributed by atoms with Crippen LogP contribution in [-0.2, 0) is 28.6 Å². The first-order valence-corrected chi connectivity index (χ1v) is 5.71. The van der Waals surface area contributed by atoms with E-state index in [9.17, 15) is 14.4 Å². The van der Waals surface area contributed by atoms with Crippen LogP contribution in [0.4, 0.5) is 0 Å². The highest BCUT2D eigenvalue weighted by atomic mass is 16.5. The van der Waals surface area contributed by atoms with Gasteiger partial charge < -0.3 is 545 Å². The molecule has 0 fully saturated rings. The van der Waals surface area contributed by atoms with Gasteiger partial charge in [-0.3, -0.25) is 14.4 Å². The molecule has 0 unspecified atom stereocenters. The third-order valence-corrected chi connectivity index (χ3v) is 1.04. The van der Waals surface area contributed by atoms with Crippen molar-refractivity contribution in [3.8, 4) is 0 Å². The number of ether oxygens (including phenoxy) is 3. The first kappa shape index (κ1) is 14200. The molecule has 0 heterocycles. The molecule has 0 aliphatic heterocycles. The number of hydrogen-bond acceptors (Lipinski definition) is 6. The van der Waals surface area contributed by atoms with Gasteiger partial charge in [-0.05, 0) is 20.8 Å². The van der Waals surface area contributed by atoms with Crippen molar-refractivity contribution in [1.29, 1.82) is 0 Å². The molecule has 103 nitrogen and oxygen atoms in total. The molecule has 194 N–H and O–H groups in total. The van der Waals surface area contributed by atoms with Crippen molar-refractivity contribution in [2.75, 3.05) is 19.8 Å². The molecule has 0 aliphatic rings. The van der Waals surface area contributed by atoms with Gasteiger partial charge in [0.1, 0.15) is 0 Å². The van der Waals surface area contributed by atoms with Gasteiger partial charge in [0.15, 0.2) is 0 Å². The summed E-state index contributed by atoms with van der Waals surface area (Å²) in [7, 11) is 0. The summed E-state index contributed by atoms with van der Waals surface area (Å²) in [6.07, 6.45) is 0. The summed E-state index contributed by atoms with van der Waals surface area (Å²) >= 11 is 0. The van der Waals surface area contributed by atoms with Gasteiger partial charge in [0, 0.05) is 20.8 Å². The van der Waals surface area contributed by atoms with E-state index in [-0.39, 0.29) is 549 Å². The van der Waals surface area contributed by atoms with E-state index in [0.717, 1.165) is 0 Å². The first-order valence-electron chi connectivity index (χ1n) is 5.71. The van der Waals surface area contributed by atoms with Crippen LogP contribution < -0.4 is 0 Å². The highest BCUT2D eigenvalue weighted by Crippen LogP contribution is 1.70. The Morgan fingerprint density at radius 3 is 0.130 bits per heavy atom. The van der Waals surface area contributed by atoms with Crippen molar-refractivity contribution >= 4 is 17.9 Å². The number of carbonyl (C=O) groups excluding carboxylic acids is 3. The maximum Gasteiger partial charge on any atom is 0.302 e. The molecule has 0 aromatic carbocycles. The van der Waals surface area contributed by atoms with Gasteiger partial charge in [0.05, 0.1) is 19.8 Å². The van der Waals surface area contributed by atoms with Crippen LogP contribution in [0, 0.1) is 0 Å². The fourth-order valence-electron chi connectivity index (χ4n) is 0.610. The molecule has 0 aromatic heterocycles. The SMILES string of the molecule is CCOC(C)=O.CCOC(C)=O.CCOC(C)=O.O.O.O.O.O.O.O.O.O.O.O.O.O.O.O.O.O.O.O.O.O.O.O.O.O.O.O.O.O.O.O.O.O.O.O.O.O.O.O.O.O.O.O.O.O.O.O.O.O.O.O.O.O.O.O.O.O.O.O.O.O.O.O.O.O.O.O.O.O.O.O.O.O.O.O.O.O.O.O.O.O.O.O.O.O.O.O.O.O.O.O.O.O.O.O.O.O. The van der Waals surface area contributed by atoms with E-state index in [1.165, 1.54) is 20.8 Å². The fourth-order valence-corrected chi connectivity index (χ4v) is 0.610. The predicted octanol–water partition coefficient (Wildman–Crippen LogP) is -78.3. The summed E-state index contributed by atoms with van der Waals surface area (Å²) in [5.74, 6) is -0.632. The van der Waals surface area contributed by atoms with Gasteiger partial charge in [0.25, 0.3) is 0 Å². The van der Waals surface area contributed by atoms with Gasteiger partial charge in [-0.2, -0.15) is 0 Å². The third-order valence-electron chi connectivity index (χ3n) is 1.04. The highest BCUT2D eigenvalue weighted by molar-refractivity contribution is 5.66. The standard InChI is InChI=1S/3C4H8O2.97H2O/c3*1-3-6-4(2)5;;;;;;;;;;;;;;;;;;;;;;;;;;;;;;;;;;;;;;;;;;;;;;;;;;;;;;;;;;;;;;;;;;;;;;;;;;;;;;;;;;;;;;;;;;;;;;;;;/h3*3H2,1-2H3;97*1H2. The zero-order valence-corrected chi connectivity index (χ0v) is 60.6. The van der Waals surface area contributed by atoms with Crippen LogP contribution in [0.3, 0.4) is 0 Å². The Morgan fingerprint density at radius 2 is 0.130 bits per heavy atom. The summed E-state index contributed by atoms with van der Waals surface area (Å²) in [6, 6.07) is 0. The molecule has 0 saturated carbocycles. The second-order valence-corrected chi connectivity index (χ2v) is 2.77. The lowest BCUT2D eigenvalue weighted by Gasteiger charge is -1.89. The normalized spacial score (nSPS) is 1.20. The lowest BCUT2D eigenvalue weighted by Crippen LogP contribution is -1.95. The second-order valence-electron chi connectivity index (χ2n) is 2.77. The average Bonchev–Trinajstić information content (AvgIpc) is 2.18. The molecule has 0 amide bonds. The van der Waals surface area contributed by atoms with E-state index in [4.69, 9.17) is 0 Å².